The summed E-state index contributed by atoms with van der Waals surface area (Å²) in [5.74, 6) is -7.22. The van der Waals surface area contributed by atoms with Crippen LogP contribution in [0.2, 0.25) is 0 Å². The van der Waals surface area contributed by atoms with E-state index in [9.17, 15) is 24.0 Å². The molecule has 0 radical (unpaired) electrons. The Balaban J connectivity index is 1.06. The van der Waals surface area contributed by atoms with Crippen LogP contribution in [0, 0.1) is 0 Å². The maximum Gasteiger partial charge on any atom is 0.242 e. The normalized spacial score (nSPS) is 11.1. The van der Waals surface area contributed by atoms with Crippen LogP contribution < -0.4 is 22.9 Å². The molecular formula is C93H115N15O12. The molecule has 0 bridgehead atoms. The molecule has 27 nitrogen and oxygen atoms in total. The molecule has 8 aromatic carbocycles. The number of nitrogens with zero attached hydrogens (tertiary/aromatic N) is 11. The summed E-state index contributed by atoms with van der Waals surface area (Å²) >= 11 is 0. The third kappa shape index (κ3) is 31.6. The van der Waals surface area contributed by atoms with Crippen molar-refractivity contribution in [3.63, 3.8) is 0 Å². The van der Waals surface area contributed by atoms with Crippen LogP contribution in [0.15, 0.2) is 243 Å². The summed E-state index contributed by atoms with van der Waals surface area (Å²) < 4.78 is 0. The molecule has 8 aromatic rings. The van der Waals surface area contributed by atoms with Gasteiger partial charge in [-0.2, -0.15) is 0 Å². The fraction of sp³-hybridized carbons (Fsp3) is 0.355. The van der Waals surface area contributed by atoms with Crippen molar-refractivity contribution >= 4 is 70.9 Å². The molecule has 0 aliphatic heterocycles. The molecule has 0 spiro atoms. The summed E-state index contributed by atoms with van der Waals surface area (Å²) in [7, 11) is 0. The van der Waals surface area contributed by atoms with E-state index in [0.717, 1.165) is 11.1 Å². The fourth-order valence-electron chi connectivity index (χ4n) is 13.7. The highest BCUT2D eigenvalue weighted by Crippen LogP contribution is 2.23. The SMILES string of the molecule is CC(=O)N(CC(=O)N(CC(=O)N(CCCCN)CC(=O)N(CC(=O)N(CC(=O)N(CCCCN)CC(=O)N(CC(=O)N(CC(=O)N(CCCCN)CC(=O)N(CC(=O)N(CC(N)=O)Cc1ccccc1)Cc1ccccc1)Cc1ccccc1)Cc1ccccc1)Cc1ccccc1)Cc1ccccc1)Cc1ccccc1)[C@@H](C)c1ccccc1. The highest BCUT2D eigenvalue weighted by Gasteiger charge is 2.34. The molecule has 0 unspecified atom stereocenters. The Morgan fingerprint density at radius 2 is 0.417 bits per heavy atom. The molecule has 0 saturated carbocycles. The van der Waals surface area contributed by atoms with E-state index in [1.54, 1.807) is 164 Å². The third-order valence-electron chi connectivity index (χ3n) is 20.4. The standard InChI is InChI=1S/C93H115N15O12/c1-73(82-47-25-10-26-48-82)108(74(2)109)72-93(120)107(61-81-45-23-9-24-46-81)68-86(113)100(54-32-29-51-96)65-89(116)106(60-80-43-21-8-22-44-80)71-92(119)103(57-77-37-15-5-16-38-77)67-85(112)99(53-31-28-50-95)64-88(115)105(59-79-41-19-7-20-42-79)70-91(118)102(56-76-35-13-4-14-36-76)66-84(111)98(52-30-27-49-94)63-87(114)104(58-78-39-17-6-18-40-78)69-90(117)101(62-83(97)110)55-75-33-11-3-12-34-75/h3-26,33-48,73H,27-32,49-72,94-96H2,1-2H3,(H2,97,110)/t73-/m0/s1. The molecule has 0 aromatic heterocycles. The monoisotopic (exact) mass is 1630 g/mol. The van der Waals surface area contributed by atoms with Gasteiger partial charge in [-0.15, -0.1) is 0 Å². The van der Waals surface area contributed by atoms with Gasteiger partial charge in [0.1, 0.15) is 45.8 Å². The van der Waals surface area contributed by atoms with Crippen LogP contribution in [-0.4, -0.2) is 236 Å². The Bertz CT molecular complexity index is 4550. The van der Waals surface area contributed by atoms with E-state index < -0.39 is 136 Å². The topological polar surface area (TPSA) is 345 Å². The number of benzene rings is 8. The highest BCUT2D eigenvalue weighted by atomic mass is 16.2. The molecule has 8 N–H and O–H groups in total. The van der Waals surface area contributed by atoms with Gasteiger partial charge in [-0.3, -0.25) is 57.5 Å². The Labute approximate surface area is 704 Å². The zero-order chi connectivity index (χ0) is 86.0. The molecular weight excluding hydrogens is 1520 g/mol. The number of amides is 12. The molecule has 8 rings (SSSR count). The van der Waals surface area contributed by atoms with E-state index in [-0.39, 0.29) is 97.5 Å². The summed E-state index contributed by atoms with van der Waals surface area (Å²) in [5.41, 5.74) is 29.2. The lowest BCUT2D eigenvalue weighted by atomic mass is 10.1. The molecule has 0 fully saturated rings. The second-order valence-electron chi connectivity index (χ2n) is 29.8. The number of unbranched alkanes of at least 4 members (excludes halogenated alkanes) is 3. The largest absolute Gasteiger partial charge is 0.368 e. The van der Waals surface area contributed by atoms with Crippen molar-refractivity contribution in [1.29, 1.82) is 0 Å². The van der Waals surface area contributed by atoms with Crippen LogP contribution in [0.25, 0.3) is 0 Å². The van der Waals surface area contributed by atoms with Gasteiger partial charge in [-0.1, -0.05) is 243 Å². The van der Waals surface area contributed by atoms with Crippen molar-refractivity contribution in [3.8, 4) is 0 Å². The molecule has 1 atom stereocenters. The Morgan fingerprint density at radius 1 is 0.242 bits per heavy atom. The van der Waals surface area contributed by atoms with Gasteiger partial charge in [0.25, 0.3) is 0 Å². The fourth-order valence-corrected chi connectivity index (χ4v) is 13.7. The van der Waals surface area contributed by atoms with Crippen molar-refractivity contribution < 1.29 is 57.5 Å². The van der Waals surface area contributed by atoms with Crippen molar-refractivity contribution in [2.75, 3.05) is 111 Å². The van der Waals surface area contributed by atoms with Gasteiger partial charge >= 0.3 is 0 Å². The number of rotatable bonds is 50. The van der Waals surface area contributed by atoms with E-state index in [4.69, 9.17) is 22.9 Å². The second-order valence-corrected chi connectivity index (χ2v) is 29.8. The number of hydrogen-bond acceptors (Lipinski definition) is 15. The van der Waals surface area contributed by atoms with Gasteiger partial charge in [0.05, 0.1) is 32.2 Å². The van der Waals surface area contributed by atoms with Crippen LogP contribution >= 0.6 is 0 Å². The summed E-state index contributed by atoms with van der Waals surface area (Å²) in [6.07, 6.45) is 2.50. The summed E-state index contributed by atoms with van der Waals surface area (Å²) in [6.45, 7) is -2.05. The average molecular weight is 1640 g/mol. The minimum absolute atomic E-state index is 0.000972. The van der Waals surface area contributed by atoms with E-state index in [2.05, 4.69) is 0 Å². The maximum absolute atomic E-state index is 15.5. The van der Waals surface area contributed by atoms with Crippen molar-refractivity contribution in [2.45, 2.75) is 104 Å². The Hall–Kier alpha value is -12.7. The van der Waals surface area contributed by atoms with Crippen molar-refractivity contribution in [3.05, 3.63) is 287 Å². The van der Waals surface area contributed by atoms with E-state index in [1.807, 2.05) is 85.8 Å². The van der Waals surface area contributed by atoms with Crippen LogP contribution in [0.5, 0.6) is 0 Å². The molecule has 0 aliphatic rings. The van der Waals surface area contributed by atoms with E-state index in [0.29, 0.717) is 71.9 Å². The summed E-state index contributed by atoms with van der Waals surface area (Å²) in [5, 5.41) is 0. The number of primary amides is 1. The predicted octanol–water partition coefficient (Wildman–Crippen LogP) is 6.99. The second kappa shape index (κ2) is 50.1. The number of nitrogens with two attached hydrogens (primary N) is 4. The zero-order valence-corrected chi connectivity index (χ0v) is 69.0. The third-order valence-corrected chi connectivity index (χ3v) is 20.4. The highest BCUT2D eigenvalue weighted by molar-refractivity contribution is 5.95. The van der Waals surface area contributed by atoms with Gasteiger partial charge < -0.3 is 76.8 Å². The maximum atomic E-state index is 15.5. The van der Waals surface area contributed by atoms with Gasteiger partial charge in [-0.25, -0.2) is 0 Å². The number of hydrogen-bond donors (Lipinski definition) is 4. The molecule has 120 heavy (non-hydrogen) atoms. The molecule has 634 valence electrons. The molecule has 27 heteroatoms. The molecule has 0 heterocycles. The van der Waals surface area contributed by atoms with E-state index in [1.165, 1.54) is 60.8 Å². The summed E-state index contributed by atoms with van der Waals surface area (Å²) in [6, 6.07) is 71.6. The molecule has 0 saturated heterocycles. The van der Waals surface area contributed by atoms with Crippen LogP contribution in [-0.2, 0) is 103 Å². The Morgan fingerprint density at radius 3 is 0.608 bits per heavy atom. The van der Waals surface area contributed by atoms with Gasteiger partial charge in [0.2, 0.25) is 70.9 Å². The summed E-state index contributed by atoms with van der Waals surface area (Å²) in [4.78, 5) is 192. The zero-order valence-electron chi connectivity index (χ0n) is 69.0. The lowest BCUT2D eigenvalue weighted by Crippen LogP contribution is -2.52. The van der Waals surface area contributed by atoms with Crippen LogP contribution in [0.4, 0.5) is 0 Å². The lowest BCUT2D eigenvalue weighted by molar-refractivity contribution is -0.150. The quantitative estimate of drug-likeness (QED) is 0.0279. The minimum atomic E-state index is -0.755. The molecule has 0 aliphatic carbocycles. The number of carbonyl (C=O) groups excluding carboxylic acids is 12. The van der Waals surface area contributed by atoms with Crippen LogP contribution in [0.3, 0.4) is 0 Å². The smallest absolute Gasteiger partial charge is 0.242 e. The van der Waals surface area contributed by atoms with Gasteiger partial charge in [0, 0.05) is 72.4 Å². The predicted molar refractivity (Wildman–Crippen MR) is 459 cm³/mol. The lowest BCUT2D eigenvalue weighted by Gasteiger charge is -2.33. The first kappa shape index (κ1) is 92.8. The van der Waals surface area contributed by atoms with Crippen molar-refractivity contribution in [2.24, 2.45) is 22.9 Å². The number of carbonyl (C=O) groups is 12. The van der Waals surface area contributed by atoms with E-state index >= 15 is 33.6 Å². The average Bonchev–Trinajstić information content (AvgIpc) is 0.839. The van der Waals surface area contributed by atoms with Gasteiger partial charge in [0.15, 0.2) is 0 Å². The first-order valence-corrected chi connectivity index (χ1v) is 40.8. The Kier molecular flexibility index (Phi) is 38.8. The minimum Gasteiger partial charge on any atom is -0.368 e. The first-order chi connectivity index (χ1) is 58.1. The van der Waals surface area contributed by atoms with Crippen molar-refractivity contribution in [1.82, 2.24) is 53.9 Å². The van der Waals surface area contributed by atoms with Gasteiger partial charge in [-0.05, 0) is 110 Å². The van der Waals surface area contributed by atoms with Crippen LogP contribution in [0.1, 0.15) is 103 Å². The molecule has 12 amide bonds. The first-order valence-electron chi connectivity index (χ1n) is 40.8.